The molecule has 0 radical (unpaired) electrons. The van der Waals surface area contributed by atoms with E-state index in [0.29, 0.717) is 47.5 Å². The molecule has 2 saturated carbocycles. The summed E-state index contributed by atoms with van der Waals surface area (Å²) in [5.41, 5.74) is 6.89. The minimum absolute atomic E-state index is 0.108. The van der Waals surface area contributed by atoms with E-state index in [4.69, 9.17) is 15.0 Å². The molecule has 0 bridgehead atoms. The van der Waals surface area contributed by atoms with Crippen LogP contribution in [0.4, 0.5) is 23.6 Å². The van der Waals surface area contributed by atoms with Crippen LogP contribution in [0.25, 0.3) is 11.6 Å². The lowest BCUT2D eigenvalue weighted by atomic mass is 10.2. The van der Waals surface area contributed by atoms with Crippen LogP contribution < -0.4 is 15.5 Å². The van der Waals surface area contributed by atoms with Crippen molar-refractivity contribution < 1.29 is 9.26 Å². The van der Waals surface area contributed by atoms with Gasteiger partial charge in [-0.05, 0) is 42.7 Å². The molecule has 3 heterocycles. The van der Waals surface area contributed by atoms with Gasteiger partial charge in [0.05, 0.1) is 12.7 Å². The highest BCUT2D eigenvalue weighted by Gasteiger charge is 2.56. The van der Waals surface area contributed by atoms with Gasteiger partial charge in [0.2, 0.25) is 23.5 Å². The largest absolute Gasteiger partial charge is 0.378 e. The summed E-state index contributed by atoms with van der Waals surface area (Å²) in [6.45, 7) is 2.74. The molecule has 2 N–H and O–H groups in total. The van der Waals surface area contributed by atoms with Gasteiger partial charge in [-0.2, -0.15) is 19.9 Å². The van der Waals surface area contributed by atoms with Gasteiger partial charge in [-0.1, -0.05) is 36.2 Å². The molecular weight excluding hydrogens is 420 g/mol. The Morgan fingerprint density at radius 1 is 1.03 bits per heavy atom. The maximum absolute atomic E-state index is 6.13. The first kappa shape index (κ1) is 20.3. The standard InChI is InChI=1S/C23H28N8O2/c1-30(14-7-3-2-4-8-14)22-26-19(25-21(24)28-22)20-27-23(33-29-20)31-11-16-17(12-31)18(16)13-32-15-9-5-6-10-15/h2-4,7-8,15-18H,5-6,9-13H2,1H3,(H2,24,25,26,28). The highest BCUT2D eigenvalue weighted by atomic mass is 16.5. The third-order valence-corrected chi connectivity index (χ3v) is 7.17. The Hall–Kier alpha value is -3.27. The van der Waals surface area contributed by atoms with E-state index in [9.17, 15) is 0 Å². The van der Waals surface area contributed by atoms with E-state index >= 15 is 0 Å². The third-order valence-electron chi connectivity index (χ3n) is 7.17. The van der Waals surface area contributed by atoms with E-state index < -0.39 is 0 Å². The summed E-state index contributed by atoms with van der Waals surface area (Å²) < 4.78 is 11.7. The first-order chi connectivity index (χ1) is 16.2. The monoisotopic (exact) mass is 448 g/mol. The Morgan fingerprint density at radius 2 is 1.79 bits per heavy atom. The van der Waals surface area contributed by atoms with E-state index in [1.807, 2.05) is 42.3 Å². The van der Waals surface area contributed by atoms with Crippen molar-refractivity contribution in [2.75, 3.05) is 42.3 Å². The van der Waals surface area contributed by atoms with Gasteiger partial charge in [-0.15, -0.1) is 0 Å². The summed E-state index contributed by atoms with van der Waals surface area (Å²) in [6.07, 6.45) is 5.56. The highest BCUT2D eigenvalue weighted by Crippen LogP contribution is 2.52. The Kier molecular flexibility index (Phi) is 5.09. The molecule has 10 heteroatoms. The van der Waals surface area contributed by atoms with Crippen LogP contribution in [-0.4, -0.2) is 57.9 Å². The van der Waals surface area contributed by atoms with Gasteiger partial charge in [0, 0.05) is 25.8 Å². The first-order valence-electron chi connectivity index (χ1n) is 11.7. The number of hydrogen-bond donors (Lipinski definition) is 1. The van der Waals surface area contributed by atoms with E-state index in [2.05, 4.69) is 30.0 Å². The lowest BCUT2D eigenvalue weighted by Crippen LogP contribution is -2.25. The molecule has 1 aromatic carbocycles. The fourth-order valence-electron chi connectivity index (χ4n) is 5.19. The molecular formula is C23H28N8O2. The minimum Gasteiger partial charge on any atom is -0.378 e. The maximum Gasteiger partial charge on any atom is 0.324 e. The molecule has 3 aliphatic rings. The van der Waals surface area contributed by atoms with E-state index in [1.165, 1.54) is 25.7 Å². The van der Waals surface area contributed by atoms with Crippen molar-refractivity contribution in [3.05, 3.63) is 30.3 Å². The van der Waals surface area contributed by atoms with Crippen LogP contribution in [0.2, 0.25) is 0 Å². The Bertz CT molecular complexity index is 1100. The predicted molar refractivity (Wildman–Crippen MR) is 123 cm³/mol. The Labute approximate surface area is 192 Å². The molecule has 2 atom stereocenters. The topological polar surface area (TPSA) is 119 Å². The molecule has 2 unspecified atom stereocenters. The predicted octanol–water partition coefficient (Wildman–Crippen LogP) is 2.91. The van der Waals surface area contributed by atoms with E-state index in [1.54, 1.807) is 0 Å². The lowest BCUT2D eigenvalue weighted by Gasteiger charge is -2.18. The number of anilines is 4. The van der Waals surface area contributed by atoms with Crippen molar-refractivity contribution in [3.8, 4) is 11.6 Å². The van der Waals surface area contributed by atoms with Crippen LogP contribution >= 0.6 is 0 Å². The number of aromatic nitrogens is 5. The molecule has 2 aliphatic carbocycles. The molecule has 10 nitrogen and oxygen atoms in total. The number of nitrogen functional groups attached to an aromatic ring is 1. The summed E-state index contributed by atoms with van der Waals surface area (Å²) in [7, 11) is 1.87. The lowest BCUT2D eigenvalue weighted by molar-refractivity contribution is 0.0461. The zero-order valence-corrected chi connectivity index (χ0v) is 18.7. The van der Waals surface area contributed by atoms with Gasteiger partial charge < -0.3 is 24.8 Å². The van der Waals surface area contributed by atoms with Gasteiger partial charge in [-0.25, -0.2) is 0 Å². The van der Waals surface area contributed by atoms with Crippen molar-refractivity contribution in [1.29, 1.82) is 0 Å². The SMILES string of the molecule is CN(c1ccccc1)c1nc(N)nc(-c2noc(N3CC4C(COC5CCCC5)C4C3)n2)n1. The zero-order chi connectivity index (χ0) is 22.4. The minimum atomic E-state index is 0.108. The number of nitrogens with zero attached hydrogens (tertiary/aromatic N) is 7. The zero-order valence-electron chi connectivity index (χ0n) is 18.7. The molecule has 33 heavy (non-hydrogen) atoms. The molecule has 2 aromatic heterocycles. The molecule has 0 amide bonds. The van der Waals surface area contributed by atoms with E-state index in [0.717, 1.165) is 25.4 Å². The third kappa shape index (κ3) is 3.99. The van der Waals surface area contributed by atoms with Gasteiger partial charge in [-0.3, -0.25) is 0 Å². The second-order valence-corrected chi connectivity index (χ2v) is 9.25. The van der Waals surface area contributed by atoms with Crippen LogP contribution in [-0.2, 0) is 4.74 Å². The summed E-state index contributed by atoms with van der Waals surface area (Å²) in [6, 6.07) is 10.3. The van der Waals surface area contributed by atoms with Gasteiger partial charge in [0.25, 0.3) is 0 Å². The Balaban J connectivity index is 1.11. The fourth-order valence-corrected chi connectivity index (χ4v) is 5.19. The van der Waals surface area contributed by atoms with E-state index in [-0.39, 0.29) is 5.95 Å². The second kappa shape index (κ2) is 8.26. The van der Waals surface area contributed by atoms with Gasteiger partial charge in [0.15, 0.2) is 0 Å². The summed E-state index contributed by atoms with van der Waals surface area (Å²) in [5, 5.41) is 4.11. The Morgan fingerprint density at radius 3 is 2.55 bits per heavy atom. The average Bonchev–Trinajstić information content (AvgIpc) is 3.38. The van der Waals surface area contributed by atoms with Gasteiger partial charge >= 0.3 is 6.01 Å². The summed E-state index contributed by atoms with van der Waals surface area (Å²) >= 11 is 0. The quantitative estimate of drug-likeness (QED) is 0.578. The van der Waals surface area contributed by atoms with Gasteiger partial charge in [0.1, 0.15) is 0 Å². The number of benzene rings is 1. The smallest absolute Gasteiger partial charge is 0.324 e. The molecule has 0 spiro atoms. The number of rotatable bonds is 7. The molecule has 172 valence electrons. The molecule has 6 rings (SSSR count). The van der Waals surface area contributed by atoms with Crippen LogP contribution in [0.3, 0.4) is 0 Å². The maximum atomic E-state index is 6.13. The number of hydrogen-bond acceptors (Lipinski definition) is 10. The number of nitrogens with two attached hydrogens (primary N) is 1. The van der Waals surface area contributed by atoms with Crippen LogP contribution in [0.1, 0.15) is 25.7 Å². The number of ether oxygens (including phenoxy) is 1. The van der Waals surface area contributed by atoms with Crippen LogP contribution in [0.15, 0.2) is 34.9 Å². The normalized spacial score (nSPS) is 24.3. The van der Waals surface area contributed by atoms with Crippen LogP contribution in [0.5, 0.6) is 0 Å². The summed E-state index contributed by atoms with van der Waals surface area (Å²) in [5.74, 6) is 3.11. The first-order valence-corrected chi connectivity index (χ1v) is 11.7. The highest BCUT2D eigenvalue weighted by molar-refractivity contribution is 5.59. The van der Waals surface area contributed by atoms with Crippen molar-refractivity contribution in [3.63, 3.8) is 0 Å². The number of fused-ring (bicyclic) bond motifs is 1. The number of piperidine rings is 1. The van der Waals surface area contributed by atoms with Crippen molar-refractivity contribution in [2.24, 2.45) is 17.8 Å². The molecule has 1 aliphatic heterocycles. The van der Waals surface area contributed by atoms with Crippen LogP contribution in [0, 0.1) is 17.8 Å². The fraction of sp³-hybridized carbons (Fsp3) is 0.522. The van der Waals surface area contributed by atoms with Crippen molar-refractivity contribution in [2.45, 2.75) is 31.8 Å². The summed E-state index contributed by atoms with van der Waals surface area (Å²) in [4.78, 5) is 21.6. The van der Waals surface area contributed by atoms with Crippen molar-refractivity contribution >= 4 is 23.6 Å². The molecule has 3 fully saturated rings. The molecule has 3 aromatic rings. The van der Waals surface area contributed by atoms with Crippen molar-refractivity contribution in [1.82, 2.24) is 25.1 Å². The number of para-hydroxylation sites is 1. The average molecular weight is 449 g/mol. The second-order valence-electron chi connectivity index (χ2n) is 9.25. The molecule has 1 saturated heterocycles.